The third-order valence-electron chi connectivity index (χ3n) is 11.1. The van der Waals surface area contributed by atoms with Crippen molar-refractivity contribution in [2.45, 2.75) is 85.2 Å². The molecule has 0 aromatic heterocycles. The Morgan fingerprint density at radius 3 is 2.37 bits per heavy atom. The number of ketones is 2. The molecule has 6 rings (SSSR count). The summed E-state index contributed by atoms with van der Waals surface area (Å²) in [7, 11) is 1.32. The number of carbonyl (C=O) groups excluding carboxylic acids is 3. The van der Waals surface area contributed by atoms with E-state index in [0.29, 0.717) is 29.5 Å². The van der Waals surface area contributed by atoms with Gasteiger partial charge in [0.2, 0.25) is 11.7 Å². The monoisotopic (exact) mass is 593 g/mol. The van der Waals surface area contributed by atoms with Crippen LogP contribution >= 0.6 is 0 Å². The van der Waals surface area contributed by atoms with Crippen molar-refractivity contribution in [3.63, 3.8) is 0 Å². The highest BCUT2D eigenvalue weighted by atomic mass is 16.5. The summed E-state index contributed by atoms with van der Waals surface area (Å²) in [5, 5.41) is 36.5. The Morgan fingerprint density at radius 1 is 1.05 bits per heavy atom. The molecule has 9 nitrogen and oxygen atoms in total. The summed E-state index contributed by atoms with van der Waals surface area (Å²) in [5.41, 5.74) is 1.64. The van der Waals surface area contributed by atoms with Gasteiger partial charge >= 0.3 is 0 Å². The lowest BCUT2D eigenvalue weighted by Crippen LogP contribution is -2.56. The standard InChI is InChI=1S/C34H43NO8/c1-13(2)10-19-25-16(5)15(4)12-18-11-14(3)8-9-20(36)27(38)23-24(32(40)34(18,25)33(41)35-19)29-21-17(6)26(37)31(42-7)28(39)22(21)30(23)43-29/h11-13,16,18-20,23-25,29-30,36-37,39H,8-10H2,1-7H3,(H,35,41)/b14-11+/t16-,18+,19+,20-,23-,24+,25+,29+,30-,34+/m1/s1. The Morgan fingerprint density at radius 2 is 1.72 bits per heavy atom. The van der Waals surface area contributed by atoms with Crippen molar-refractivity contribution in [2.75, 3.05) is 7.11 Å². The Bertz CT molecular complexity index is 1480. The highest BCUT2D eigenvalue weighted by Gasteiger charge is 2.71. The highest BCUT2D eigenvalue weighted by molar-refractivity contribution is 6.12. The molecule has 0 saturated carbocycles. The van der Waals surface area contributed by atoms with Gasteiger partial charge < -0.3 is 30.1 Å². The zero-order valence-electron chi connectivity index (χ0n) is 25.9. The van der Waals surface area contributed by atoms with Crippen molar-refractivity contribution >= 4 is 17.5 Å². The van der Waals surface area contributed by atoms with E-state index in [0.717, 1.165) is 11.1 Å². The first-order valence-corrected chi connectivity index (χ1v) is 15.5. The maximum Gasteiger partial charge on any atom is 0.235 e. The molecule has 5 aliphatic rings. The number of aliphatic hydroxyl groups is 1. The van der Waals surface area contributed by atoms with Crippen LogP contribution in [0.5, 0.6) is 17.2 Å². The molecular weight excluding hydrogens is 550 g/mol. The van der Waals surface area contributed by atoms with E-state index in [1.165, 1.54) is 7.11 Å². The van der Waals surface area contributed by atoms with Crippen molar-refractivity contribution in [2.24, 2.45) is 40.9 Å². The highest BCUT2D eigenvalue weighted by Crippen LogP contribution is 2.67. The first-order valence-electron chi connectivity index (χ1n) is 15.5. The summed E-state index contributed by atoms with van der Waals surface area (Å²) in [6.07, 6.45) is 1.94. The SMILES string of the molecule is COc1c(O)c(C)c2c(c1O)[C@H]1O[C@@H]2[C@H]2C(=O)[C@@]34C(=O)N[C@@H](CC(C)C)[C@@H]3[C@H](C)C(C)=C[C@@H]4/C=C(\C)CC[C@@H](O)C(=O)[C@@H]21. The molecule has 0 unspecified atom stereocenters. The quantitative estimate of drug-likeness (QED) is 0.299. The van der Waals surface area contributed by atoms with Crippen LogP contribution in [0.2, 0.25) is 0 Å². The molecule has 232 valence electrons. The average molecular weight is 594 g/mol. The van der Waals surface area contributed by atoms with Crippen LogP contribution in [-0.2, 0) is 19.1 Å². The van der Waals surface area contributed by atoms with Gasteiger partial charge in [0.1, 0.15) is 11.5 Å². The second-order valence-electron chi connectivity index (χ2n) is 13.9. The second-order valence-corrected chi connectivity index (χ2v) is 13.9. The van der Waals surface area contributed by atoms with Gasteiger partial charge in [0.25, 0.3) is 0 Å². The van der Waals surface area contributed by atoms with Gasteiger partial charge in [-0.3, -0.25) is 14.4 Å². The van der Waals surface area contributed by atoms with Crippen LogP contribution in [0.1, 0.15) is 82.8 Å². The lowest BCUT2D eigenvalue weighted by Gasteiger charge is -2.47. The van der Waals surface area contributed by atoms with Crippen LogP contribution in [-0.4, -0.2) is 52.0 Å². The molecule has 43 heavy (non-hydrogen) atoms. The summed E-state index contributed by atoms with van der Waals surface area (Å²) in [6, 6.07) is -0.234. The smallest absolute Gasteiger partial charge is 0.235 e. The molecule has 0 radical (unpaired) electrons. The topological polar surface area (TPSA) is 142 Å². The number of hydrogen-bond donors (Lipinski definition) is 4. The van der Waals surface area contributed by atoms with E-state index in [4.69, 9.17) is 9.47 Å². The molecular formula is C34H43NO8. The number of phenolic OH excluding ortho intramolecular Hbond substituents is 2. The van der Waals surface area contributed by atoms with Crippen molar-refractivity contribution in [1.82, 2.24) is 5.32 Å². The van der Waals surface area contributed by atoms with Crippen molar-refractivity contribution in [3.05, 3.63) is 40.0 Å². The third-order valence-corrected chi connectivity index (χ3v) is 11.1. The largest absolute Gasteiger partial charge is 0.504 e. The fraction of sp³-hybridized carbons (Fsp3) is 0.618. The van der Waals surface area contributed by atoms with E-state index in [-0.39, 0.29) is 59.2 Å². The maximum absolute atomic E-state index is 15.5. The van der Waals surface area contributed by atoms with E-state index in [9.17, 15) is 24.9 Å². The predicted molar refractivity (Wildman–Crippen MR) is 157 cm³/mol. The van der Waals surface area contributed by atoms with Crippen molar-refractivity contribution in [3.8, 4) is 17.2 Å². The number of aliphatic hydroxyl groups excluding tert-OH is 1. The van der Waals surface area contributed by atoms with Gasteiger partial charge in [-0.05, 0) is 57.4 Å². The Hall–Kier alpha value is -3.17. The Balaban J connectivity index is 1.62. The van der Waals surface area contributed by atoms with E-state index in [2.05, 4.69) is 33.0 Å². The molecule has 3 heterocycles. The molecule has 10 atom stereocenters. The van der Waals surface area contributed by atoms with Gasteiger partial charge in [0.15, 0.2) is 23.1 Å². The van der Waals surface area contributed by atoms with E-state index in [1.54, 1.807) is 6.92 Å². The summed E-state index contributed by atoms with van der Waals surface area (Å²) < 4.78 is 11.7. The van der Waals surface area contributed by atoms with Gasteiger partial charge in [-0.25, -0.2) is 0 Å². The van der Waals surface area contributed by atoms with E-state index >= 15 is 4.79 Å². The molecule has 3 aliphatic heterocycles. The number of benzene rings is 1. The molecule has 2 aliphatic carbocycles. The van der Waals surface area contributed by atoms with Crippen molar-refractivity contribution in [1.29, 1.82) is 0 Å². The minimum atomic E-state index is -1.49. The third kappa shape index (κ3) is 3.93. The van der Waals surface area contributed by atoms with Crippen molar-refractivity contribution < 1.29 is 39.2 Å². The Kier molecular flexibility index (Phi) is 7.08. The van der Waals surface area contributed by atoms with Crippen LogP contribution in [0, 0.1) is 47.8 Å². The van der Waals surface area contributed by atoms with Gasteiger partial charge in [-0.1, -0.05) is 44.1 Å². The number of amides is 1. The normalized spacial score (nSPS) is 39.7. The number of fused-ring (bicyclic) bond motifs is 8. The average Bonchev–Trinajstić information content (AvgIpc) is 3.60. The molecule has 1 aromatic rings. The maximum atomic E-state index is 15.5. The first-order chi connectivity index (χ1) is 20.3. The van der Waals surface area contributed by atoms with E-state index < -0.39 is 47.3 Å². The number of carbonyl (C=O) groups is 3. The van der Waals surface area contributed by atoms with Gasteiger partial charge in [-0.2, -0.15) is 0 Å². The molecule has 4 N–H and O–H groups in total. The summed E-state index contributed by atoms with van der Waals surface area (Å²) in [6.45, 7) is 11.9. The van der Waals surface area contributed by atoms with Gasteiger partial charge in [0, 0.05) is 29.0 Å². The molecule has 2 saturated heterocycles. The van der Waals surface area contributed by atoms with Gasteiger partial charge in [-0.15, -0.1) is 0 Å². The van der Waals surface area contributed by atoms with E-state index in [1.807, 2.05) is 19.1 Å². The van der Waals surface area contributed by atoms with Crippen LogP contribution in [0.3, 0.4) is 0 Å². The number of hydrogen-bond acceptors (Lipinski definition) is 8. The molecule has 2 bridgehead atoms. The fourth-order valence-electron chi connectivity index (χ4n) is 9.08. The summed E-state index contributed by atoms with van der Waals surface area (Å²) in [5.74, 6) is -4.88. The van der Waals surface area contributed by atoms with Crippen LogP contribution in [0.15, 0.2) is 23.3 Å². The number of ether oxygens (including phenoxy) is 2. The second kappa shape index (κ2) is 10.2. The number of Topliss-reactive ketones (excluding diaryl/α,β-unsaturated/α-hetero) is 2. The Labute approximate surface area is 252 Å². The molecule has 2 fully saturated rings. The number of aromatic hydroxyl groups is 2. The fourth-order valence-corrected chi connectivity index (χ4v) is 9.08. The minimum Gasteiger partial charge on any atom is -0.504 e. The number of nitrogens with one attached hydrogen (secondary N) is 1. The zero-order valence-corrected chi connectivity index (χ0v) is 25.9. The molecule has 1 aromatic carbocycles. The number of allylic oxidation sites excluding steroid dienone is 4. The summed E-state index contributed by atoms with van der Waals surface area (Å²) >= 11 is 0. The predicted octanol–water partition coefficient (Wildman–Crippen LogP) is 4.37. The van der Waals surface area contributed by atoms with Gasteiger partial charge in [0.05, 0.1) is 31.2 Å². The summed E-state index contributed by atoms with van der Waals surface area (Å²) in [4.78, 5) is 44.0. The molecule has 9 heteroatoms. The minimum absolute atomic E-state index is 0.0765. The van der Waals surface area contributed by atoms with Crippen LogP contribution in [0.25, 0.3) is 0 Å². The molecule has 1 spiro atoms. The lowest BCUT2D eigenvalue weighted by atomic mass is 9.51. The lowest BCUT2D eigenvalue weighted by molar-refractivity contribution is -0.152. The number of phenols is 2. The zero-order chi connectivity index (χ0) is 31.3. The van der Waals surface area contributed by atoms with Crippen LogP contribution < -0.4 is 10.1 Å². The number of rotatable bonds is 3. The first kappa shape index (κ1) is 29.9. The van der Waals surface area contributed by atoms with Crippen LogP contribution in [0.4, 0.5) is 0 Å². The number of methoxy groups -OCH3 is 1. The molecule has 1 amide bonds.